The minimum atomic E-state index is 0.624. The van der Waals surface area contributed by atoms with E-state index in [-0.39, 0.29) is 0 Å². The van der Waals surface area contributed by atoms with Crippen LogP contribution in [-0.2, 0) is 6.42 Å². The third-order valence-corrected chi connectivity index (χ3v) is 5.96. The summed E-state index contributed by atoms with van der Waals surface area (Å²) in [6.45, 7) is 8.78. The summed E-state index contributed by atoms with van der Waals surface area (Å²) in [6.07, 6.45) is 14.0. The summed E-state index contributed by atoms with van der Waals surface area (Å²) in [5, 5.41) is 14.8. The highest BCUT2D eigenvalue weighted by Crippen LogP contribution is 2.18. The first-order valence-electron chi connectivity index (χ1n) is 12.1. The number of hydrogen-bond donors (Lipinski definition) is 0. The molecular formula is C26H33N7. The molecule has 0 bridgehead atoms. The van der Waals surface area contributed by atoms with E-state index in [4.69, 9.17) is 5.10 Å². The van der Waals surface area contributed by atoms with E-state index in [0.29, 0.717) is 11.5 Å². The molecule has 0 saturated heterocycles. The number of aromatic nitrogens is 6. The molecule has 0 spiro atoms. The zero-order valence-corrected chi connectivity index (χ0v) is 19.9. The van der Waals surface area contributed by atoms with Crippen molar-refractivity contribution in [3.05, 3.63) is 59.3 Å². The Kier molecular flexibility index (Phi) is 7.60. The van der Waals surface area contributed by atoms with Crippen molar-refractivity contribution >= 4 is 17.4 Å². The van der Waals surface area contributed by atoms with Crippen LogP contribution < -0.4 is 10.1 Å². The number of aryl methyl sites for hydroxylation is 1. The van der Waals surface area contributed by atoms with Gasteiger partial charge >= 0.3 is 0 Å². The largest absolute Gasteiger partial charge is 0.372 e. The molecule has 0 amide bonds. The third kappa shape index (κ3) is 5.18. The van der Waals surface area contributed by atoms with Crippen LogP contribution in [0, 0.1) is 0 Å². The van der Waals surface area contributed by atoms with Gasteiger partial charge in [0.1, 0.15) is 5.69 Å². The summed E-state index contributed by atoms with van der Waals surface area (Å²) in [7, 11) is 0. The first kappa shape index (κ1) is 22.8. The fourth-order valence-electron chi connectivity index (χ4n) is 4.06. The lowest BCUT2D eigenvalue weighted by atomic mass is 10.1. The molecule has 172 valence electrons. The van der Waals surface area contributed by atoms with E-state index in [2.05, 4.69) is 76.2 Å². The number of unbranched alkanes of at least 4 members (excludes halogenated alkanes) is 3. The summed E-state index contributed by atoms with van der Waals surface area (Å²) in [5.41, 5.74) is 4.90. The van der Waals surface area contributed by atoms with Crippen LogP contribution in [0.1, 0.15) is 64.1 Å². The number of anilines is 1. The maximum Gasteiger partial charge on any atom is 0.205 e. The fraction of sp³-hybridized carbons (Fsp3) is 0.423. The topological polar surface area (TPSA) is 72.1 Å². The lowest BCUT2D eigenvalue weighted by molar-refractivity contribution is 0.699. The second kappa shape index (κ2) is 11.0. The number of benzene rings is 1. The first-order valence-corrected chi connectivity index (χ1v) is 12.1. The Morgan fingerprint density at radius 2 is 1.76 bits per heavy atom. The van der Waals surface area contributed by atoms with Crippen molar-refractivity contribution in [2.45, 2.75) is 59.3 Å². The number of fused-ring (bicyclic) bond motifs is 1. The molecule has 7 heteroatoms. The Morgan fingerprint density at radius 1 is 0.939 bits per heavy atom. The van der Waals surface area contributed by atoms with Gasteiger partial charge in [-0.15, -0.1) is 10.2 Å². The van der Waals surface area contributed by atoms with Crippen LogP contribution in [0.2, 0.25) is 0 Å². The predicted octanol–water partition coefficient (Wildman–Crippen LogP) is 4.49. The molecule has 1 aromatic carbocycles. The predicted molar refractivity (Wildman–Crippen MR) is 133 cm³/mol. The Hall–Kier alpha value is -3.35. The van der Waals surface area contributed by atoms with Crippen LogP contribution in [0.25, 0.3) is 23.2 Å². The van der Waals surface area contributed by atoms with E-state index in [1.54, 1.807) is 18.6 Å². The molecule has 0 aliphatic rings. The van der Waals surface area contributed by atoms with Gasteiger partial charge in [0.15, 0.2) is 5.65 Å². The number of hydrogen-bond acceptors (Lipinski definition) is 6. The van der Waals surface area contributed by atoms with Gasteiger partial charge in [-0.05, 0) is 50.0 Å². The van der Waals surface area contributed by atoms with Crippen molar-refractivity contribution in [2.24, 2.45) is 0 Å². The van der Waals surface area contributed by atoms with Crippen LogP contribution >= 0.6 is 0 Å². The van der Waals surface area contributed by atoms with Gasteiger partial charge in [0.05, 0.1) is 11.9 Å². The van der Waals surface area contributed by atoms with Crippen molar-refractivity contribution in [3.8, 4) is 11.5 Å². The summed E-state index contributed by atoms with van der Waals surface area (Å²) in [5.74, 6) is 0.624. The molecule has 0 unspecified atom stereocenters. The van der Waals surface area contributed by atoms with Gasteiger partial charge in [-0.1, -0.05) is 45.2 Å². The summed E-state index contributed by atoms with van der Waals surface area (Å²) in [4.78, 5) is 11.0. The fourth-order valence-corrected chi connectivity index (χ4v) is 4.06. The van der Waals surface area contributed by atoms with E-state index in [1.807, 2.05) is 4.52 Å². The van der Waals surface area contributed by atoms with Crippen LogP contribution in [0.4, 0.5) is 5.69 Å². The van der Waals surface area contributed by atoms with E-state index >= 15 is 0 Å². The van der Waals surface area contributed by atoms with Gasteiger partial charge < -0.3 is 4.90 Å². The van der Waals surface area contributed by atoms with Crippen molar-refractivity contribution < 1.29 is 0 Å². The normalized spacial score (nSPS) is 12.0. The molecule has 4 aromatic rings. The molecule has 0 aliphatic heterocycles. The van der Waals surface area contributed by atoms with Gasteiger partial charge in [-0.25, -0.2) is 4.98 Å². The molecule has 0 aliphatic carbocycles. The highest BCUT2D eigenvalue weighted by Gasteiger charge is 2.16. The lowest BCUT2D eigenvalue weighted by Crippen LogP contribution is -2.23. The van der Waals surface area contributed by atoms with Crippen molar-refractivity contribution in [2.75, 3.05) is 18.0 Å². The molecular weight excluding hydrogens is 410 g/mol. The molecule has 33 heavy (non-hydrogen) atoms. The van der Waals surface area contributed by atoms with E-state index in [9.17, 15) is 0 Å². The van der Waals surface area contributed by atoms with Gasteiger partial charge in [0, 0.05) is 36.4 Å². The van der Waals surface area contributed by atoms with Crippen molar-refractivity contribution in [3.63, 3.8) is 0 Å². The smallest absolute Gasteiger partial charge is 0.205 e. The highest BCUT2D eigenvalue weighted by molar-refractivity contribution is 5.63. The zero-order valence-electron chi connectivity index (χ0n) is 19.9. The second-order valence-electron chi connectivity index (χ2n) is 8.34. The van der Waals surface area contributed by atoms with E-state index < -0.39 is 0 Å². The molecule has 3 heterocycles. The first-order chi connectivity index (χ1) is 16.2. The lowest BCUT2D eigenvalue weighted by Gasteiger charge is -2.22. The Balaban J connectivity index is 1.72. The van der Waals surface area contributed by atoms with Gasteiger partial charge in [0.2, 0.25) is 5.82 Å². The average molecular weight is 444 g/mol. The molecule has 0 saturated carbocycles. The molecule has 0 N–H and O–H groups in total. The quantitative estimate of drug-likeness (QED) is 0.318. The van der Waals surface area contributed by atoms with E-state index in [0.717, 1.165) is 48.1 Å². The summed E-state index contributed by atoms with van der Waals surface area (Å²) in [6, 6.07) is 8.79. The highest BCUT2D eigenvalue weighted by atomic mass is 15.4. The molecule has 7 nitrogen and oxygen atoms in total. The average Bonchev–Trinajstić information content (AvgIpc) is 3.41. The number of nitrogens with zero attached hydrogens (tertiary/aromatic N) is 7. The summed E-state index contributed by atoms with van der Waals surface area (Å²) < 4.78 is 1.81. The Morgan fingerprint density at radius 3 is 2.45 bits per heavy atom. The van der Waals surface area contributed by atoms with E-state index in [1.165, 1.54) is 31.4 Å². The maximum atomic E-state index is 4.89. The maximum absolute atomic E-state index is 4.89. The minimum Gasteiger partial charge on any atom is -0.372 e. The van der Waals surface area contributed by atoms with Crippen LogP contribution in [0.5, 0.6) is 0 Å². The van der Waals surface area contributed by atoms with Crippen molar-refractivity contribution in [1.82, 2.24) is 29.8 Å². The second-order valence-corrected chi connectivity index (χ2v) is 8.34. The molecule has 0 radical (unpaired) electrons. The molecule has 4 rings (SSSR count). The van der Waals surface area contributed by atoms with Crippen molar-refractivity contribution in [1.29, 1.82) is 0 Å². The van der Waals surface area contributed by atoms with Gasteiger partial charge in [-0.3, -0.25) is 4.98 Å². The Labute approximate surface area is 195 Å². The molecule has 0 atom stereocenters. The van der Waals surface area contributed by atoms with Crippen LogP contribution in [-0.4, -0.2) is 42.9 Å². The number of rotatable bonds is 11. The SMILES string of the molecule is CCCCCc1nn2c(-c3cnccn3)nnc2/c1=C\c1ccc(N(CC)CCCC)cc1. The standard InChI is InChI=1S/C26H33N7/c1-4-7-9-10-23-22(18-20-11-13-21(14-12-20)32(6-3)17-8-5-2)25-29-30-26(33(25)31-23)24-19-27-15-16-28-24/h11-16,18-19H,4-10,17H2,1-3H3/b22-18-. The zero-order chi connectivity index (χ0) is 23.0. The molecule has 0 fully saturated rings. The third-order valence-electron chi connectivity index (χ3n) is 5.96. The molecule has 3 aromatic heterocycles. The van der Waals surface area contributed by atoms with Crippen LogP contribution in [0.3, 0.4) is 0 Å². The monoisotopic (exact) mass is 443 g/mol. The van der Waals surface area contributed by atoms with Gasteiger partial charge in [-0.2, -0.15) is 9.61 Å². The summed E-state index contributed by atoms with van der Waals surface area (Å²) >= 11 is 0. The van der Waals surface area contributed by atoms with Gasteiger partial charge in [0.25, 0.3) is 0 Å². The minimum absolute atomic E-state index is 0.624. The van der Waals surface area contributed by atoms with Crippen LogP contribution in [0.15, 0.2) is 42.9 Å². The Bertz CT molecular complexity index is 1200.